The molecule has 1 aromatic carbocycles. The van der Waals surface area contributed by atoms with Crippen molar-refractivity contribution in [1.82, 2.24) is 4.57 Å². The monoisotopic (exact) mass is 330 g/mol. The molecule has 0 aliphatic carbocycles. The van der Waals surface area contributed by atoms with Crippen LogP contribution in [-0.4, -0.2) is 10.4 Å². The lowest BCUT2D eigenvalue weighted by molar-refractivity contribution is 0.0970. The maximum Gasteiger partial charge on any atom is 0.253 e. The number of ketones is 1. The molecule has 1 heterocycles. The van der Waals surface area contributed by atoms with Gasteiger partial charge >= 0.3 is 0 Å². The Morgan fingerprint density at radius 3 is 2.60 bits per heavy atom. The van der Waals surface area contributed by atoms with E-state index in [-0.39, 0.29) is 17.9 Å². The molecule has 0 saturated heterocycles. The first-order chi connectivity index (χ1) is 9.51. The van der Waals surface area contributed by atoms with E-state index in [4.69, 9.17) is 5.26 Å². The molecule has 0 N–H and O–H groups in total. The number of nitrogens with zero attached hydrogens (tertiary/aromatic N) is 2. The van der Waals surface area contributed by atoms with Crippen LogP contribution in [0.1, 0.15) is 21.5 Å². The lowest BCUT2D eigenvalue weighted by Gasteiger charge is -2.07. The van der Waals surface area contributed by atoms with Gasteiger partial charge in [-0.1, -0.05) is 12.1 Å². The Morgan fingerprint density at radius 2 is 2.00 bits per heavy atom. The standard InChI is InChI=1S/C15H11BrN2O2/c1-10-6-13(16)8-18(15(10)20)9-14(19)12-4-2-11(7-17)3-5-12/h2-6,8H,9H2,1H3. The second-order valence-electron chi connectivity index (χ2n) is 4.39. The molecule has 0 atom stereocenters. The second-order valence-corrected chi connectivity index (χ2v) is 5.30. The Hall–Kier alpha value is -2.19. The molecule has 0 fully saturated rings. The van der Waals surface area contributed by atoms with E-state index in [1.807, 2.05) is 6.07 Å². The molecule has 0 saturated carbocycles. The minimum atomic E-state index is -0.185. The molecule has 0 unspecified atom stereocenters. The first-order valence-electron chi connectivity index (χ1n) is 5.91. The topological polar surface area (TPSA) is 62.9 Å². The third-order valence-electron chi connectivity index (χ3n) is 2.88. The zero-order valence-corrected chi connectivity index (χ0v) is 12.3. The van der Waals surface area contributed by atoms with Crippen LogP contribution in [0.5, 0.6) is 0 Å². The van der Waals surface area contributed by atoms with Gasteiger partial charge in [0.25, 0.3) is 5.56 Å². The van der Waals surface area contributed by atoms with Gasteiger partial charge in [0, 0.05) is 21.8 Å². The summed E-state index contributed by atoms with van der Waals surface area (Å²) >= 11 is 3.31. The molecule has 2 aromatic rings. The van der Waals surface area contributed by atoms with Crippen LogP contribution in [0.15, 0.2) is 45.8 Å². The molecule has 1 aromatic heterocycles. The van der Waals surface area contributed by atoms with Crippen LogP contribution in [0, 0.1) is 18.3 Å². The van der Waals surface area contributed by atoms with E-state index in [1.54, 1.807) is 43.5 Å². The maximum atomic E-state index is 12.1. The maximum absolute atomic E-state index is 12.1. The van der Waals surface area contributed by atoms with Crippen molar-refractivity contribution in [2.75, 3.05) is 0 Å². The van der Waals surface area contributed by atoms with Crippen LogP contribution in [0.4, 0.5) is 0 Å². The summed E-state index contributed by atoms with van der Waals surface area (Å²) in [5.41, 5.74) is 1.37. The summed E-state index contributed by atoms with van der Waals surface area (Å²) in [5, 5.41) is 8.71. The zero-order chi connectivity index (χ0) is 14.7. The number of aromatic nitrogens is 1. The van der Waals surface area contributed by atoms with Crippen molar-refractivity contribution in [1.29, 1.82) is 5.26 Å². The Morgan fingerprint density at radius 1 is 1.35 bits per heavy atom. The molecule has 20 heavy (non-hydrogen) atoms. The number of pyridine rings is 1. The summed E-state index contributed by atoms with van der Waals surface area (Å²) in [6, 6.07) is 10.1. The fraction of sp³-hybridized carbons (Fsp3) is 0.133. The number of carbonyl (C=O) groups is 1. The molecule has 100 valence electrons. The highest BCUT2D eigenvalue weighted by molar-refractivity contribution is 9.10. The van der Waals surface area contributed by atoms with Gasteiger partial charge < -0.3 is 4.57 Å². The van der Waals surface area contributed by atoms with Gasteiger partial charge in [0.05, 0.1) is 18.2 Å². The van der Waals surface area contributed by atoms with Crippen molar-refractivity contribution in [3.63, 3.8) is 0 Å². The van der Waals surface area contributed by atoms with Crippen LogP contribution in [0.3, 0.4) is 0 Å². The van der Waals surface area contributed by atoms with Gasteiger partial charge in [-0.3, -0.25) is 9.59 Å². The predicted molar refractivity (Wildman–Crippen MR) is 78.6 cm³/mol. The highest BCUT2D eigenvalue weighted by atomic mass is 79.9. The molecule has 0 aliphatic heterocycles. The van der Waals surface area contributed by atoms with Gasteiger partial charge in [-0.2, -0.15) is 5.26 Å². The molecular weight excluding hydrogens is 320 g/mol. The molecule has 0 spiro atoms. The van der Waals surface area contributed by atoms with Crippen LogP contribution in [0.25, 0.3) is 0 Å². The largest absolute Gasteiger partial charge is 0.306 e. The van der Waals surface area contributed by atoms with Crippen LogP contribution in [-0.2, 0) is 6.54 Å². The number of hydrogen-bond donors (Lipinski definition) is 0. The van der Waals surface area contributed by atoms with Gasteiger partial charge in [0.15, 0.2) is 5.78 Å². The van der Waals surface area contributed by atoms with Crippen molar-refractivity contribution in [3.8, 4) is 6.07 Å². The van der Waals surface area contributed by atoms with E-state index >= 15 is 0 Å². The fourth-order valence-electron chi connectivity index (χ4n) is 1.83. The van der Waals surface area contributed by atoms with E-state index in [2.05, 4.69) is 15.9 Å². The number of Topliss-reactive ketones (excluding diaryl/α,β-unsaturated/α-hetero) is 1. The number of rotatable bonds is 3. The fourth-order valence-corrected chi connectivity index (χ4v) is 2.42. The van der Waals surface area contributed by atoms with Gasteiger partial charge in [0.1, 0.15) is 0 Å². The van der Waals surface area contributed by atoms with Gasteiger partial charge in [-0.25, -0.2) is 0 Å². The summed E-state index contributed by atoms with van der Waals surface area (Å²) in [7, 11) is 0. The first-order valence-corrected chi connectivity index (χ1v) is 6.70. The van der Waals surface area contributed by atoms with Crippen molar-refractivity contribution in [2.24, 2.45) is 0 Å². The van der Waals surface area contributed by atoms with Crippen LogP contribution >= 0.6 is 15.9 Å². The van der Waals surface area contributed by atoms with Crippen molar-refractivity contribution in [3.05, 3.63) is 68.0 Å². The van der Waals surface area contributed by atoms with Crippen molar-refractivity contribution < 1.29 is 4.79 Å². The highest BCUT2D eigenvalue weighted by Gasteiger charge is 2.09. The summed E-state index contributed by atoms with van der Waals surface area (Å²) in [6.07, 6.45) is 1.59. The summed E-state index contributed by atoms with van der Waals surface area (Å²) < 4.78 is 2.13. The Labute approximate surface area is 124 Å². The van der Waals surface area contributed by atoms with E-state index in [1.165, 1.54) is 4.57 Å². The number of benzene rings is 1. The quantitative estimate of drug-likeness (QED) is 0.813. The van der Waals surface area contributed by atoms with Gasteiger partial charge in [-0.15, -0.1) is 0 Å². The number of nitriles is 1. The average Bonchev–Trinajstić information content (AvgIpc) is 2.44. The number of hydrogen-bond acceptors (Lipinski definition) is 3. The summed E-state index contributed by atoms with van der Waals surface area (Å²) in [5.74, 6) is -0.172. The van der Waals surface area contributed by atoms with Crippen LogP contribution < -0.4 is 5.56 Å². The molecule has 2 rings (SSSR count). The minimum Gasteiger partial charge on any atom is -0.306 e. The van der Waals surface area contributed by atoms with E-state index in [9.17, 15) is 9.59 Å². The zero-order valence-electron chi connectivity index (χ0n) is 10.8. The second kappa shape index (κ2) is 5.85. The van der Waals surface area contributed by atoms with E-state index in [0.29, 0.717) is 16.7 Å². The highest BCUT2D eigenvalue weighted by Crippen LogP contribution is 2.10. The SMILES string of the molecule is Cc1cc(Br)cn(CC(=O)c2ccc(C#N)cc2)c1=O. The number of halogens is 1. The molecule has 4 nitrogen and oxygen atoms in total. The molecule has 0 bridgehead atoms. The van der Waals surface area contributed by atoms with E-state index < -0.39 is 0 Å². The number of aryl methyl sites for hydroxylation is 1. The normalized spacial score (nSPS) is 10.1. The van der Waals surface area contributed by atoms with Crippen molar-refractivity contribution >= 4 is 21.7 Å². The number of carbonyl (C=O) groups excluding carboxylic acids is 1. The third-order valence-corrected chi connectivity index (χ3v) is 3.32. The molecule has 5 heteroatoms. The Bertz CT molecular complexity index is 755. The first kappa shape index (κ1) is 14.2. The summed E-state index contributed by atoms with van der Waals surface area (Å²) in [4.78, 5) is 24.1. The van der Waals surface area contributed by atoms with Gasteiger partial charge in [0.2, 0.25) is 0 Å². The predicted octanol–water partition coefficient (Wildman–Crippen LogP) is 2.67. The van der Waals surface area contributed by atoms with E-state index in [0.717, 1.165) is 4.47 Å². The smallest absolute Gasteiger partial charge is 0.253 e. The van der Waals surface area contributed by atoms with Crippen LogP contribution in [0.2, 0.25) is 0 Å². The summed E-state index contributed by atoms with van der Waals surface area (Å²) in [6.45, 7) is 1.68. The Balaban J connectivity index is 2.28. The van der Waals surface area contributed by atoms with Gasteiger partial charge in [-0.05, 0) is 41.1 Å². The lowest BCUT2D eigenvalue weighted by atomic mass is 10.1. The molecular formula is C15H11BrN2O2. The molecule has 0 aliphatic rings. The Kier molecular flexibility index (Phi) is 4.16. The molecule has 0 amide bonds. The minimum absolute atomic E-state index is 0.0228. The molecule has 0 radical (unpaired) electrons. The van der Waals surface area contributed by atoms with Crippen molar-refractivity contribution in [2.45, 2.75) is 13.5 Å². The lowest BCUT2D eigenvalue weighted by Crippen LogP contribution is -2.25. The third kappa shape index (κ3) is 3.03. The average molecular weight is 331 g/mol.